The van der Waals surface area contributed by atoms with E-state index in [0.29, 0.717) is 17.1 Å². The Bertz CT molecular complexity index is 1470. The summed E-state index contributed by atoms with van der Waals surface area (Å²) in [5, 5.41) is 4.65. The molecule has 3 aliphatic rings. The van der Waals surface area contributed by atoms with Gasteiger partial charge < -0.3 is 0 Å². The number of alkyl halides is 3. The smallest absolute Gasteiger partial charge is 0.267 e. The van der Waals surface area contributed by atoms with E-state index >= 15 is 0 Å². The van der Waals surface area contributed by atoms with E-state index < -0.39 is 28.5 Å². The molecule has 3 atom stereocenters. The summed E-state index contributed by atoms with van der Waals surface area (Å²) in [5.74, 6) is -0.479. The molecule has 6 rings (SSSR count). The molecule has 6 nitrogen and oxygen atoms in total. The molecule has 196 valence electrons. The van der Waals surface area contributed by atoms with Crippen LogP contribution in [0.2, 0.25) is 0 Å². The molecule has 1 saturated heterocycles. The van der Waals surface area contributed by atoms with Gasteiger partial charge in [-0.05, 0) is 90.6 Å². The molecule has 0 amide bonds. The maximum absolute atomic E-state index is 13.4. The molecule has 0 unspecified atom stereocenters. The number of hydrogen-bond donors (Lipinski definition) is 1. The van der Waals surface area contributed by atoms with E-state index in [2.05, 4.69) is 15.9 Å². The quantitative estimate of drug-likeness (QED) is 0.505. The van der Waals surface area contributed by atoms with Crippen molar-refractivity contribution >= 4 is 10.2 Å². The Balaban J connectivity index is 1.31. The molecule has 11 heteroatoms. The fourth-order valence-corrected chi connectivity index (χ4v) is 8.21. The molecular formula is C26H26F4N4O2S. The molecule has 2 bridgehead atoms. The van der Waals surface area contributed by atoms with Crippen LogP contribution in [-0.2, 0) is 30.1 Å². The lowest BCUT2D eigenvalue weighted by molar-refractivity contribution is -0.136. The number of aromatic nitrogens is 2. The second kappa shape index (κ2) is 8.37. The van der Waals surface area contributed by atoms with Crippen LogP contribution in [0.1, 0.15) is 24.0 Å². The van der Waals surface area contributed by atoms with Crippen LogP contribution in [0.15, 0.2) is 48.5 Å². The van der Waals surface area contributed by atoms with E-state index in [1.165, 1.54) is 12.1 Å². The molecule has 1 aromatic heterocycles. The van der Waals surface area contributed by atoms with Gasteiger partial charge in [0, 0.05) is 19.2 Å². The van der Waals surface area contributed by atoms with Crippen LogP contribution >= 0.6 is 0 Å². The van der Waals surface area contributed by atoms with Crippen LogP contribution in [0.25, 0.3) is 22.5 Å². The molecule has 2 aromatic carbocycles. The molecule has 2 aliphatic carbocycles. The van der Waals surface area contributed by atoms with Crippen molar-refractivity contribution < 1.29 is 26.0 Å². The van der Waals surface area contributed by atoms with Crippen molar-refractivity contribution in [1.82, 2.24) is 18.8 Å². The van der Waals surface area contributed by atoms with Gasteiger partial charge in [0.25, 0.3) is 10.2 Å². The number of nitrogens with zero attached hydrogens (tertiary/aromatic N) is 3. The van der Waals surface area contributed by atoms with E-state index in [9.17, 15) is 26.0 Å². The summed E-state index contributed by atoms with van der Waals surface area (Å²) in [6.45, 7) is -1.64. The highest BCUT2D eigenvalue weighted by molar-refractivity contribution is 7.87. The average molecular weight is 535 g/mol. The zero-order chi connectivity index (χ0) is 26.2. The van der Waals surface area contributed by atoms with Crippen molar-refractivity contribution in [2.75, 3.05) is 13.1 Å². The molecule has 2 heterocycles. The van der Waals surface area contributed by atoms with Gasteiger partial charge in [-0.25, -0.2) is 4.39 Å². The average Bonchev–Trinajstić information content (AvgIpc) is 3.38. The Hall–Kier alpha value is -2.76. The maximum atomic E-state index is 13.4. The van der Waals surface area contributed by atoms with Crippen LogP contribution < -0.4 is 4.72 Å². The van der Waals surface area contributed by atoms with E-state index in [4.69, 9.17) is 0 Å². The second-order valence-corrected chi connectivity index (χ2v) is 12.1. The number of benzene rings is 2. The highest BCUT2D eigenvalue weighted by Crippen LogP contribution is 2.50. The van der Waals surface area contributed by atoms with Crippen LogP contribution in [0, 0.1) is 17.7 Å². The third-order valence-electron chi connectivity index (χ3n) is 8.23. The van der Waals surface area contributed by atoms with Gasteiger partial charge in [0.05, 0.1) is 16.9 Å². The first kappa shape index (κ1) is 24.6. The number of aryl methyl sites for hydroxylation is 1. The van der Waals surface area contributed by atoms with Crippen LogP contribution in [0.5, 0.6) is 0 Å². The third kappa shape index (κ3) is 4.26. The molecule has 1 spiro atoms. The Morgan fingerprint density at radius 1 is 1.00 bits per heavy atom. The summed E-state index contributed by atoms with van der Waals surface area (Å²) >= 11 is 0. The first-order chi connectivity index (χ1) is 17.4. The van der Waals surface area contributed by atoms with Gasteiger partial charge in [-0.1, -0.05) is 12.1 Å². The van der Waals surface area contributed by atoms with E-state index in [-0.39, 0.29) is 24.2 Å². The summed E-state index contributed by atoms with van der Waals surface area (Å²) < 4.78 is 83.1. The summed E-state index contributed by atoms with van der Waals surface area (Å²) in [4.78, 5) is 0. The largest absolute Gasteiger partial charge is 0.402 e. The molecule has 1 aliphatic heterocycles. The SMILES string of the molecule is Cn1nc(-c2ccc3c(c2)C[C@H]2CC[C@@H](C3)[C@@]23CN(CC(F)(F)F)S(=O)(=O)N3)cc1-c1ccc(F)cc1. The van der Waals surface area contributed by atoms with Crippen molar-refractivity contribution in [3.8, 4) is 22.5 Å². The van der Waals surface area contributed by atoms with Crippen molar-refractivity contribution in [2.24, 2.45) is 18.9 Å². The molecular weight excluding hydrogens is 508 g/mol. The van der Waals surface area contributed by atoms with Gasteiger partial charge in [0.1, 0.15) is 12.4 Å². The van der Waals surface area contributed by atoms with Gasteiger partial charge in [-0.15, -0.1) is 0 Å². The number of rotatable bonds is 3. The number of nitrogens with one attached hydrogen (secondary N) is 1. The summed E-state index contributed by atoms with van der Waals surface area (Å²) in [6.07, 6.45) is -1.88. The Morgan fingerprint density at radius 3 is 2.32 bits per heavy atom. The first-order valence-corrected chi connectivity index (χ1v) is 13.7. The van der Waals surface area contributed by atoms with Crippen LogP contribution in [0.4, 0.5) is 17.6 Å². The molecule has 2 fully saturated rings. The van der Waals surface area contributed by atoms with Crippen LogP contribution in [0.3, 0.4) is 0 Å². The lowest BCUT2D eigenvalue weighted by Gasteiger charge is -2.33. The molecule has 37 heavy (non-hydrogen) atoms. The summed E-state index contributed by atoms with van der Waals surface area (Å²) in [6, 6.07) is 14.2. The van der Waals surface area contributed by atoms with Gasteiger partial charge >= 0.3 is 6.18 Å². The van der Waals surface area contributed by atoms with E-state index in [1.54, 1.807) is 16.8 Å². The number of halogens is 4. The normalized spacial score (nSPS) is 26.9. The highest BCUT2D eigenvalue weighted by atomic mass is 32.2. The zero-order valence-electron chi connectivity index (χ0n) is 20.1. The number of hydrogen-bond acceptors (Lipinski definition) is 3. The lowest BCUT2D eigenvalue weighted by Crippen LogP contribution is -2.52. The molecule has 3 aromatic rings. The predicted octanol–water partition coefficient (Wildman–Crippen LogP) is 4.47. The van der Waals surface area contributed by atoms with Gasteiger partial charge in [-0.3, -0.25) is 4.68 Å². The minimum atomic E-state index is -4.60. The van der Waals surface area contributed by atoms with Gasteiger partial charge in [0.15, 0.2) is 0 Å². The van der Waals surface area contributed by atoms with Crippen molar-refractivity contribution in [3.63, 3.8) is 0 Å². The predicted molar refractivity (Wildman–Crippen MR) is 130 cm³/mol. The van der Waals surface area contributed by atoms with Crippen LogP contribution in [-0.4, -0.2) is 47.3 Å². The van der Waals surface area contributed by atoms with E-state index in [0.717, 1.165) is 46.5 Å². The maximum Gasteiger partial charge on any atom is 0.402 e. The third-order valence-corrected chi connectivity index (χ3v) is 9.80. The lowest BCUT2D eigenvalue weighted by atomic mass is 9.79. The van der Waals surface area contributed by atoms with Gasteiger partial charge in [-0.2, -0.15) is 35.7 Å². The Kier molecular flexibility index (Phi) is 5.56. The standard InChI is InChI=1S/C26H26F4N4O2S/c1-33-24(16-4-8-22(27)9-5-16)13-23(31-33)18-3-2-17-11-20-6-7-21(12-19(17)10-18)25(20)14-34(15-26(28,29)30)37(35,36)32-25/h2-5,8-10,13,20-21,32H,6-7,11-12,14-15H2,1H3/t20-,21+,25-/m0/s1. The first-order valence-electron chi connectivity index (χ1n) is 12.2. The zero-order valence-corrected chi connectivity index (χ0v) is 20.9. The highest BCUT2D eigenvalue weighted by Gasteiger charge is 2.60. The van der Waals surface area contributed by atoms with Crippen molar-refractivity contribution in [2.45, 2.75) is 37.4 Å². The minimum absolute atomic E-state index is 0.0717. The fourth-order valence-electron chi connectivity index (χ4n) is 6.50. The molecule has 0 radical (unpaired) electrons. The van der Waals surface area contributed by atoms with Gasteiger partial charge in [0.2, 0.25) is 0 Å². The Morgan fingerprint density at radius 2 is 1.65 bits per heavy atom. The monoisotopic (exact) mass is 534 g/mol. The topological polar surface area (TPSA) is 67.2 Å². The van der Waals surface area contributed by atoms with E-state index in [1.807, 2.05) is 25.2 Å². The molecule has 1 saturated carbocycles. The summed E-state index contributed by atoms with van der Waals surface area (Å²) in [7, 11) is -2.39. The second-order valence-electron chi connectivity index (χ2n) is 10.4. The van der Waals surface area contributed by atoms with Crippen molar-refractivity contribution in [1.29, 1.82) is 0 Å². The fraction of sp³-hybridized carbons (Fsp3) is 0.423. The van der Waals surface area contributed by atoms with Crippen molar-refractivity contribution in [3.05, 3.63) is 65.5 Å². The minimum Gasteiger partial charge on any atom is -0.267 e. The number of fused-ring (bicyclic) bond motifs is 1. The summed E-state index contributed by atoms with van der Waals surface area (Å²) in [5.41, 5.74) is 4.61. The Labute approximate surface area is 212 Å². The molecule has 1 N–H and O–H groups in total.